The Morgan fingerprint density at radius 1 is 0.733 bits per heavy atom. The van der Waals surface area contributed by atoms with E-state index in [0.29, 0.717) is 40.0 Å². The molecule has 0 radical (unpaired) electrons. The van der Waals surface area contributed by atoms with Gasteiger partial charge in [-0.3, -0.25) is 14.4 Å². The van der Waals surface area contributed by atoms with Crippen molar-refractivity contribution >= 4 is 46.9 Å². The summed E-state index contributed by atoms with van der Waals surface area (Å²) in [5, 5.41) is 8.39. The Labute approximate surface area is 263 Å². The molecule has 1 aliphatic heterocycles. The van der Waals surface area contributed by atoms with Crippen molar-refractivity contribution in [3.63, 3.8) is 0 Å². The monoisotopic (exact) mass is 617 g/mol. The maximum absolute atomic E-state index is 13.4. The van der Waals surface area contributed by atoms with Crippen LogP contribution in [0.5, 0.6) is 11.5 Å². The third-order valence-electron chi connectivity index (χ3n) is 6.64. The van der Waals surface area contributed by atoms with E-state index in [1.807, 2.05) is 42.5 Å². The molecule has 0 atom stereocenters. The minimum Gasteiger partial charge on any atom is -0.457 e. The smallest absolute Gasteiger partial charge is 0.272 e. The largest absolute Gasteiger partial charge is 0.457 e. The first kappa shape index (κ1) is 29.3. The molecule has 0 saturated carbocycles. The van der Waals surface area contributed by atoms with E-state index < -0.39 is 11.8 Å². The standard InChI is InChI=1S/C35H27N3O6S/c39-33(36-26-13-17-31-32(19-26)43-22-42-31)21-45-28-15-11-25(12-16-28)37-35(41)29(38-34(40)24-9-5-2-6-10-24)20-27-14-18-30(44-27)23-7-3-1-4-8-23/h1-20H,21-22H2,(H,36,39)(H,37,41)(H,38,40)/b29-20+. The van der Waals surface area contributed by atoms with Gasteiger partial charge in [0, 0.05) is 39.5 Å². The Kier molecular flexibility index (Phi) is 8.93. The number of amides is 3. The summed E-state index contributed by atoms with van der Waals surface area (Å²) < 4.78 is 16.6. The second kappa shape index (κ2) is 13.7. The first-order chi connectivity index (χ1) is 22.0. The zero-order chi connectivity index (χ0) is 31.0. The van der Waals surface area contributed by atoms with E-state index in [0.717, 1.165) is 10.5 Å². The number of anilines is 2. The van der Waals surface area contributed by atoms with Crippen molar-refractivity contribution in [2.24, 2.45) is 0 Å². The molecule has 6 rings (SSSR count). The Hall–Kier alpha value is -5.74. The van der Waals surface area contributed by atoms with Gasteiger partial charge in [0.2, 0.25) is 12.7 Å². The summed E-state index contributed by atoms with van der Waals surface area (Å²) in [5.41, 5.74) is 2.44. The van der Waals surface area contributed by atoms with Crippen LogP contribution in [0.2, 0.25) is 0 Å². The second-order valence-corrected chi connectivity index (χ2v) is 10.9. The summed E-state index contributed by atoms with van der Waals surface area (Å²) in [7, 11) is 0. The van der Waals surface area contributed by atoms with Crippen molar-refractivity contribution in [3.8, 4) is 22.8 Å². The van der Waals surface area contributed by atoms with E-state index in [9.17, 15) is 14.4 Å². The maximum atomic E-state index is 13.4. The molecule has 0 spiro atoms. The lowest BCUT2D eigenvalue weighted by molar-refractivity contribution is -0.114. The second-order valence-electron chi connectivity index (χ2n) is 9.83. The molecular formula is C35H27N3O6S. The predicted molar refractivity (Wildman–Crippen MR) is 173 cm³/mol. The highest BCUT2D eigenvalue weighted by Crippen LogP contribution is 2.34. The summed E-state index contributed by atoms with van der Waals surface area (Å²) in [6, 6.07) is 34.0. The summed E-state index contributed by atoms with van der Waals surface area (Å²) in [6.07, 6.45) is 1.49. The fraction of sp³-hybridized carbons (Fsp3) is 0.0571. The molecule has 0 aliphatic carbocycles. The van der Waals surface area contributed by atoms with E-state index >= 15 is 0 Å². The number of benzene rings is 4. The molecule has 5 aromatic rings. The van der Waals surface area contributed by atoms with Gasteiger partial charge in [0.05, 0.1) is 5.75 Å². The van der Waals surface area contributed by atoms with Crippen LogP contribution in [0.4, 0.5) is 11.4 Å². The van der Waals surface area contributed by atoms with Crippen LogP contribution in [0.3, 0.4) is 0 Å². The van der Waals surface area contributed by atoms with Gasteiger partial charge in [-0.2, -0.15) is 0 Å². The number of carbonyl (C=O) groups is 3. The van der Waals surface area contributed by atoms with E-state index in [4.69, 9.17) is 13.9 Å². The average molecular weight is 618 g/mol. The molecule has 45 heavy (non-hydrogen) atoms. The molecule has 0 fully saturated rings. The van der Waals surface area contributed by atoms with Crippen LogP contribution in [0.25, 0.3) is 17.4 Å². The lowest BCUT2D eigenvalue weighted by Crippen LogP contribution is -2.30. The van der Waals surface area contributed by atoms with Crippen molar-refractivity contribution in [2.75, 3.05) is 23.2 Å². The lowest BCUT2D eigenvalue weighted by atomic mass is 10.2. The normalized spacial score (nSPS) is 12.0. The fourth-order valence-corrected chi connectivity index (χ4v) is 5.12. The van der Waals surface area contributed by atoms with Crippen molar-refractivity contribution in [2.45, 2.75) is 4.90 Å². The molecule has 3 N–H and O–H groups in total. The number of carbonyl (C=O) groups excluding carboxylic acids is 3. The van der Waals surface area contributed by atoms with E-state index in [1.54, 1.807) is 72.8 Å². The molecule has 2 heterocycles. The molecule has 224 valence electrons. The van der Waals surface area contributed by atoms with Crippen LogP contribution in [0, 0.1) is 0 Å². The minimum atomic E-state index is -0.527. The van der Waals surface area contributed by atoms with Crippen molar-refractivity contribution in [1.29, 1.82) is 0 Å². The molecule has 1 aromatic heterocycles. The summed E-state index contributed by atoms with van der Waals surface area (Å²) in [5.74, 6) is 1.33. The van der Waals surface area contributed by atoms with Crippen LogP contribution >= 0.6 is 11.8 Å². The van der Waals surface area contributed by atoms with E-state index in [-0.39, 0.29) is 24.2 Å². The van der Waals surface area contributed by atoms with Crippen LogP contribution < -0.4 is 25.4 Å². The molecule has 4 aromatic carbocycles. The average Bonchev–Trinajstić information content (AvgIpc) is 3.74. The van der Waals surface area contributed by atoms with Gasteiger partial charge in [-0.15, -0.1) is 11.8 Å². The third-order valence-corrected chi connectivity index (χ3v) is 7.65. The zero-order valence-electron chi connectivity index (χ0n) is 23.8. The van der Waals surface area contributed by atoms with Gasteiger partial charge in [0.15, 0.2) is 11.5 Å². The summed E-state index contributed by atoms with van der Waals surface area (Å²) in [6.45, 7) is 0.165. The number of ether oxygens (including phenoxy) is 2. The van der Waals surface area contributed by atoms with Gasteiger partial charge >= 0.3 is 0 Å². The predicted octanol–water partition coefficient (Wildman–Crippen LogP) is 6.82. The molecule has 0 bridgehead atoms. The first-order valence-electron chi connectivity index (χ1n) is 14.0. The van der Waals surface area contributed by atoms with Crippen LogP contribution in [-0.2, 0) is 9.59 Å². The number of furan rings is 1. The minimum absolute atomic E-state index is 0.0106. The SMILES string of the molecule is O=C(CSc1ccc(NC(=O)/C(=C\c2ccc(-c3ccccc3)o2)NC(=O)c2ccccc2)cc1)Nc1ccc2c(c1)OCO2. The summed E-state index contributed by atoms with van der Waals surface area (Å²) >= 11 is 1.35. The molecule has 0 unspecified atom stereocenters. The van der Waals surface area contributed by atoms with Gasteiger partial charge in [-0.25, -0.2) is 0 Å². The molecule has 1 aliphatic rings. The number of hydrogen-bond acceptors (Lipinski definition) is 7. The number of hydrogen-bond donors (Lipinski definition) is 3. The number of fused-ring (bicyclic) bond motifs is 1. The fourth-order valence-electron chi connectivity index (χ4n) is 4.43. The van der Waals surface area contributed by atoms with Crippen LogP contribution in [-0.4, -0.2) is 30.3 Å². The number of nitrogens with one attached hydrogen (secondary N) is 3. The topological polar surface area (TPSA) is 119 Å². The van der Waals surface area contributed by atoms with Crippen molar-refractivity contribution < 1.29 is 28.3 Å². The lowest BCUT2D eigenvalue weighted by Gasteiger charge is -2.11. The molecule has 9 nitrogen and oxygen atoms in total. The van der Waals surface area contributed by atoms with Crippen LogP contribution in [0.15, 0.2) is 130 Å². The molecular weight excluding hydrogens is 590 g/mol. The van der Waals surface area contributed by atoms with Gasteiger partial charge in [-0.1, -0.05) is 48.5 Å². The Morgan fingerprint density at radius 3 is 2.22 bits per heavy atom. The van der Waals surface area contributed by atoms with Gasteiger partial charge in [0.25, 0.3) is 11.8 Å². The van der Waals surface area contributed by atoms with Crippen LogP contribution in [0.1, 0.15) is 16.1 Å². The van der Waals surface area contributed by atoms with E-state index in [2.05, 4.69) is 16.0 Å². The summed E-state index contributed by atoms with van der Waals surface area (Å²) in [4.78, 5) is 39.7. The van der Waals surface area contributed by atoms with E-state index in [1.165, 1.54) is 17.8 Å². The zero-order valence-corrected chi connectivity index (χ0v) is 24.6. The molecule has 10 heteroatoms. The van der Waals surface area contributed by atoms with Crippen molar-refractivity contribution in [3.05, 3.63) is 132 Å². The Morgan fingerprint density at radius 2 is 1.44 bits per heavy atom. The number of rotatable bonds is 10. The highest BCUT2D eigenvalue weighted by molar-refractivity contribution is 8.00. The highest BCUT2D eigenvalue weighted by Gasteiger charge is 2.17. The Balaban J connectivity index is 1.10. The Bertz CT molecular complexity index is 1850. The van der Waals surface area contributed by atoms with Gasteiger partial charge in [0.1, 0.15) is 17.2 Å². The number of thioether (sulfide) groups is 1. The maximum Gasteiger partial charge on any atom is 0.272 e. The van der Waals surface area contributed by atoms with Gasteiger partial charge < -0.3 is 29.8 Å². The van der Waals surface area contributed by atoms with Crippen molar-refractivity contribution in [1.82, 2.24) is 5.32 Å². The first-order valence-corrected chi connectivity index (χ1v) is 15.0. The molecule has 3 amide bonds. The third kappa shape index (κ3) is 7.62. The highest BCUT2D eigenvalue weighted by atomic mass is 32.2. The quantitative estimate of drug-likeness (QED) is 0.116. The van der Waals surface area contributed by atoms with Gasteiger partial charge in [-0.05, 0) is 60.7 Å². The molecule has 0 saturated heterocycles.